The number of aliphatic carboxylic acids is 1. The molecule has 5 nitrogen and oxygen atoms in total. The van der Waals surface area contributed by atoms with Crippen LogP contribution in [0.15, 0.2) is 66.7 Å². The number of hydrogen-bond acceptors (Lipinski definition) is 3. The first-order valence-electron chi connectivity index (χ1n) is 12.7. The van der Waals surface area contributed by atoms with Gasteiger partial charge >= 0.3 is 5.97 Å². The zero-order chi connectivity index (χ0) is 26.4. The second kappa shape index (κ2) is 9.34. The summed E-state index contributed by atoms with van der Waals surface area (Å²) in [7, 11) is 0. The Bertz CT molecular complexity index is 1460. The monoisotopic (exact) mass is 501 g/mol. The lowest BCUT2D eigenvalue weighted by Gasteiger charge is -2.39. The summed E-state index contributed by atoms with van der Waals surface area (Å²) in [5, 5.41) is 22.2. The minimum atomic E-state index is -1.11. The summed E-state index contributed by atoms with van der Waals surface area (Å²) >= 11 is 0. The van der Waals surface area contributed by atoms with Crippen LogP contribution in [0.2, 0.25) is 0 Å². The number of fused-ring (bicyclic) bond motifs is 1. The Morgan fingerprint density at radius 1 is 1.08 bits per heavy atom. The second-order valence-corrected chi connectivity index (χ2v) is 10.7. The lowest BCUT2D eigenvalue weighted by molar-refractivity contribution is -0.147. The number of carbonyl (C=O) groups is 1. The van der Waals surface area contributed by atoms with Crippen molar-refractivity contribution in [2.75, 3.05) is 0 Å². The molecule has 0 bridgehead atoms. The molecule has 192 valence electrons. The molecule has 0 atom stereocenters. The molecule has 1 aromatic heterocycles. The molecule has 0 radical (unpaired) electrons. The molecule has 3 aromatic carbocycles. The Hall–Kier alpha value is -3.64. The van der Waals surface area contributed by atoms with Gasteiger partial charge < -0.3 is 19.5 Å². The van der Waals surface area contributed by atoms with Crippen molar-refractivity contribution in [3.8, 4) is 11.4 Å². The number of aryl methyl sites for hydroxylation is 1. The predicted molar refractivity (Wildman–Crippen MR) is 142 cm³/mol. The first-order valence-corrected chi connectivity index (χ1v) is 12.7. The van der Waals surface area contributed by atoms with E-state index in [2.05, 4.69) is 0 Å². The number of hydrogen-bond donors (Lipinski definition) is 2. The van der Waals surface area contributed by atoms with Crippen molar-refractivity contribution in [2.24, 2.45) is 0 Å². The molecule has 5 rings (SSSR count). The minimum Gasteiger partial charge on any atom is -0.488 e. The molecular formula is C31H32FNO4. The molecular weight excluding hydrogens is 469 g/mol. The summed E-state index contributed by atoms with van der Waals surface area (Å²) in [6.45, 7) is 5.48. The summed E-state index contributed by atoms with van der Waals surface area (Å²) < 4.78 is 22.6. The van der Waals surface area contributed by atoms with Crippen molar-refractivity contribution in [1.82, 2.24) is 4.57 Å². The van der Waals surface area contributed by atoms with Gasteiger partial charge in [0.2, 0.25) is 0 Å². The predicted octanol–water partition coefficient (Wildman–Crippen LogP) is 6.48. The maximum absolute atomic E-state index is 14.2. The average Bonchev–Trinajstić information content (AvgIpc) is 3.12. The fourth-order valence-electron chi connectivity index (χ4n) is 5.47. The van der Waals surface area contributed by atoms with E-state index in [1.54, 1.807) is 32.9 Å². The normalized spacial score (nSPS) is 14.9. The third-order valence-corrected chi connectivity index (χ3v) is 7.39. The number of aliphatic hydroxyl groups is 1. The molecule has 6 heteroatoms. The van der Waals surface area contributed by atoms with E-state index in [1.807, 2.05) is 53.1 Å². The summed E-state index contributed by atoms with van der Waals surface area (Å²) in [6, 6.07) is 20.4. The minimum absolute atomic E-state index is 0.223. The van der Waals surface area contributed by atoms with Crippen LogP contribution in [0.5, 0.6) is 5.75 Å². The van der Waals surface area contributed by atoms with Crippen molar-refractivity contribution < 1.29 is 24.1 Å². The average molecular weight is 502 g/mol. The molecule has 0 aliphatic heterocycles. The quantitative estimate of drug-likeness (QED) is 0.290. The number of halogens is 1. The highest BCUT2D eigenvalue weighted by Gasteiger charge is 2.50. The van der Waals surface area contributed by atoms with E-state index in [-0.39, 0.29) is 12.2 Å². The van der Waals surface area contributed by atoms with Gasteiger partial charge in [0.15, 0.2) is 0 Å². The van der Waals surface area contributed by atoms with E-state index in [1.165, 1.54) is 6.07 Å². The number of carboxylic acids is 1. The topological polar surface area (TPSA) is 71.7 Å². The third kappa shape index (κ3) is 4.51. The van der Waals surface area contributed by atoms with E-state index in [9.17, 15) is 19.4 Å². The number of ether oxygens (including phenoxy) is 1. The van der Waals surface area contributed by atoms with Crippen LogP contribution in [0.1, 0.15) is 55.5 Å². The van der Waals surface area contributed by atoms with Crippen molar-refractivity contribution in [3.05, 3.63) is 94.9 Å². The van der Waals surface area contributed by atoms with Gasteiger partial charge in [-0.2, -0.15) is 0 Å². The number of aromatic nitrogens is 1. The zero-order valence-corrected chi connectivity index (χ0v) is 21.4. The standard InChI is InChI=1S/C31H32FNO4/c1-20-17-22(13-14-23(20)32)33-24-11-7-12-26(37-19-21-9-5-4-6-10-21)27(24)28(25(33)18-30(2,3)36)31(29(34)35)15-8-16-31/h4-7,9-14,17,36H,8,15-16,18-19H2,1-3H3,(H,34,35). The van der Waals surface area contributed by atoms with Crippen molar-refractivity contribution >= 4 is 16.9 Å². The molecule has 0 spiro atoms. The molecule has 4 aromatic rings. The van der Waals surface area contributed by atoms with Gasteiger partial charge in [0.25, 0.3) is 0 Å². The van der Waals surface area contributed by atoms with E-state index in [0.717, 1.165) is 28.6 Å². The molecule has 0 unspecified atom stereocenters. The molecule has 1 saturated carbocycles. The van der Waals surface area contributed by atoms with Crippen molar-refractivity contribution in [3.63, 3.8) is 0 Å². The van der Waals surface area contributed by atoms with E-state index in [0.29, 0.717) is 42.0 Å². The second-order valence-electron chi connectivity index (χ2n) is 10.7. The van der Waals surface area contributed by atoms with Crippen LogP contribution in [0.4, 0.5) is 4.39 Å². The Morgan fingerprint density at radius 3 is 2.41 bits per heavy atom. The van der Waals surface area contributed by atoms with Gasteiger partial charge in [-0.3, -0.25) is 4.79 Å². The smallest absolute Gasteiger partial charge is 0.314 e. The SMILES string of the molecule is Cc1cc(-n2c(CC(C)(C)O)c(C3(C(=O)O)CCC3)c3c(OCc4ccccc4)cccc32)ccc1F. The molecule has 1 fully saturated rings. The zero-order valence-electron chi connectivity index (χ0n) is 21.4. The Balaban J connectivity index is 1.82. The molecule has 37 heavy (non-hydrogen) atoms. The lowest BCUT2D eigenvalue weighted by Crippen LogP contribution is -2.43. The van der Waals surface area contributed by atoms with Gasteiger partial charge in [-0.05, 0) is 75.1 Å². The van der Waals surface area contributed by atoms with Crippen LogP contribution in [-0.2, 0) is 23.2 Å². The molecule has 1 aliphatic carbocycles. The number of rotatable bonds is 8. The molecule has 1 aliphatic rings. The third-order valence-electron chi connectivity index (χ3n) is 7.39. The number of carboxylic acid groups (broad SMARTS) is 1. The van der Waals surface area contributed by atoms with Crippen LogP contribution in [0.3, 0.4) is 0 Å². The highest BCUT2D eigenvalue weighted by Crippen LogP contribution is 2.52. The van der Waals surface area contributed by atoms with Crippen LogP contribution < -0.4 is 4.74 Å². The lowest BCUT2D eigenvalue weighted by atomic mass is 9.63. The van der Waals surface area contributed by atoms with Gasteiger partial charge in [-0.25, -0.2) is 4.39 Å². The summed E-state index contributed by atoms with van der Waals surface area (Å²) in [5.41, 5.74) is 2.20. The van der Waals surface area contributed by atoms with Gasteiger partial charge in [0.1, 0.15) is 18.2 Å². The van der Waals surface area contributed by atoms with Crippen molar-refractivity contribution in [2.45, 2.75) is 64.1 Å². The van der Waals surface area contributed by atoms with Crippen LogP contribution in [-0.4, -0.2) is 26.4 Å². The highest BCUT2D eigenvalue weighted by atomic mass is 19.1. The molecule has 2 N–H and O–H groups in total. The fraction of sp³-hybridized carbons (Fsp3) is 0.323. The van der Waals surface area contributed by atoms with Crippen molar-refractivity contribution in [1.29, 1.82) is 0 Å². The molecule has 0 amide bonds. The van der Waals surface area contributed by atoms with E-state index >= 15 is 0 Å². The summed E-state index contributed by atoms with van der Waals surface area (Å²) in [5.74, 6) is -0.584. The Labute approximate surface area is 216 Å². The van der Waals surface area contributed by atoms with Crippen LogP contribution in [0.25, 0.3) is 16.6 Å². The summed E-state index contributed by atoms with van der Waals surface area (Å²) in [6.07, 6.45) is 2.05. The maximum Gasteiger partial charge on any atom is 0.314 e. The molecule has 1 heterocycles. The highest BCUT2D eigenvalue weighted by molar-refractivity contribution is 5.99. The number of benzene rings is 3. The summed E-state index contributed by atoms with van der Waals surface area (Å²) in [4.78, 5) is 12.8. The van der Waals surface area contributed by atoms with Gasteiger partial charge in [-0.15, -0.1) is 0 Å². The van der Waals surface area contributed by atoms with Gasteiger partial charge in [0.05, 0.1) is 16.5 Å². The van der Waals surface area contributed by atoms with Crippen LogP contribution in [0, 0.1) is 12.7 Å². The van der Waals surface area contributed by atoms with Gasteiger partial charge in [-0.1, -0.05) is 42.8 Å². The van der Waals surface area contributed by atoms with E-state index < -0.39 is 17.0 Å². The van der Waals surface area contributed by atoms with Gasteiger partial charge in [0, 0.05) is 28.8 Å². The largest absolute Gasteiger partial charge is 0.488 e. The Morgan fingerprint density at radius 2 is 1.81 bits per heavy atom. The first kappa shape index (κ1) is 25.0. The van der Waals surface area contributed by atoms with Crippen LogP contribution >= 0.6 is 0 Å². The maximum atomic E-state index is 14.2. The number of nitrogens with zero attached hydrogens (tertiary/aromatic N) is 1. The Kier molecular flexibility index (Phi) is 6.32. The fourth-order valence-corrected chi connectivity index (χ4v) is 5.47. The first-order chi connectivity index (χ1) is 17.6. The van der Waals surface area contributed by atoms with E-state index in [4.69, 9.17) is 4.74 Å². The molecule has 0 saturated heterocycles.